The molecule has 5 nitrogen and oxygen atoms in total. The summed E-state index contributed by atoms with van der Waals surface area (Å²) in [6.45, 7) is 2.20. The van der Waals surface area contributed by atoms with Crippen LogP contribution in [0.25, 0.3) is 0 Å². The highest BCUT2D eigenvalue weighted by Gasteiger charge is 2.10. The Balaban J connectivity index is 3.40. The van der Waals surface area contributed by atoms with Crippen molar-refractivity contribution in [3.05, 3.63) is 13.0 Å². The zero-order valence-electron chi connectivity index (χ0n) is 8.21. The molecule has 0 aromatic rings. The minimum absolute atomic E-state index is 0.211. The predicted octanol–water partition coefficient (Wildman–Crippen LogP) is -1.15. The van der Waals surface area contributed by atoms with E-state index in [-0.39, 0.29) is 19.3 Å². The topological polar surface area (TPSA) is 90.2 Å². The van der Waals surface area contributed by atoms with Gasteiger partial charge in [0.25, 0.3) is 0 Å². The van der Waals surface area contributed by atoms with E-state index in [0.29, 0.717) is 6.42 Å². The summed E-state index contributed by atoms with van der Waals surface area (Å²) in [4.78, 5) is 0. The van der Waals surface area contributed by atoms with Gasteiger partial charge in [-0.15, -0.1) is 0 Å². The third-order valence-electron chi connectivity index (χ3n) is 1.58. The lowest BCUT2D eigenvalue weighted by molar-refractivity contribution is 0.0211. The monoisotopic (exact) mass is 206 g/mol. The molecule has 0 spiro atoms. The van der Waals surface area contributed by atoms with Crippen LogP contribution in [0.3, 0.4) is 0 Å². The molecule has 0 aliphatic heterocycles. The van der Waals surface area contributed by atoms with Crippen LogP contribution in [-0.4, -0.2) is 52.0 Å². The molecule has 14 heavy (non-hydrogen) atoms. The van der Waals surface area contributed by atoms with Gasteiger partial charge in [-0.1, -0.05) is 0 Å². The molecule has 0 saturated carbocycles. The second-order valence-electron chi connectivity index (χ2n) is 3.05. The first-order valence-electron chi connectivity index (χ1n) is 4.50. The number of hydrogen-bond acceptors (Lipinski definition) is 5. The lowest BCUT2D eigenvalue weighted by Crippen LogP contribution is -2.20. The third-order valence-corrected chi connectivity index (χ3v) is 1.58. The van der Waals surface area contributed by atoms with Crippen molar-refractivity contribution >= 4 is 0 Å². The molecule has 0 aromatic heterocycles. The number of hydrogen-bond donors (Lipinski definition) is 4. The van der Waals surface area contributed by atoms with Crippen LogP contribution in [0.5, 0.6) is 0 Å². The van der Waals surface area contributed by atoms with Crippen LogP contribution in [0.2, 0.25) is 0 Å². The Labute approximate surface area is 83.9 Å². The molecular formula is C9H18O5. The summed E-state index contributed by atoms with van der Waals surface area (Å²) in [5.41, 5.74) is 0. The molecule has 0 amide bonds. The number of aliphatic hydroxyl groups excluding tert-OH is 4. The molecule has 0 heterocycles. The van der Waals surface area contributed by atoms with E-state index in [1.54, 1.807) is 6.92 Å². The van der Waals surface area contributed by atoms with Gasteiger partial charge >= 0.3 is 0 Å². The Morgan fingerprint density at radius 3 is 2.21 bits per heavy atom. The van der Waals surface area contributed by atoms with Crippen molar-refractivity contribution in [3.8, 4) is 0 Å². The quantitative estimate of drug-likeness (QED) is 0.403. The molecule has 0 aliphatic carbocycles. The molecule has 0 aliphatic rings. The SMILES string of the molecule is CC(C[CH]C(O)CO)O[CH]C(O)CO. The summed E-state index contributed by atoms with van der Waals surface area (Å²) in [7, 11) is 0. The molecule has 2 radical (unpaired) electrons. The zero-order chi connectivity index (χ0) is 11.0. The maximum absolute atomic E-state index is 8.97. The first-order chi connectivity index (χ1) is 6.60. The molecular weight excluding hydrogens is 188 g/mol. The average molecular weight is 206 g/mol. The van der Waals surface area contributed by atoms with Crippen molar-refractivity contribution in [2.24, 2.45) is 0 Å². The van der Waals surface area contributed by atoms with Gasteiger partial charge in [0.15, 0.2) is 0 Å². The Bertz CT molecular complexity index is 116. The maximum atomic E-state index is 8.97. The minimum atomic E-state index is -0.986. The largest absolute Gasteiger partial charge is 0.394 e. The molecule has 3 unspecified atom stereocenters. The summed E-state index contributed by atoms with van der Waals surface area (Å²) in [5, 5.41) is 34.8. The van der Waals surface area contributed by atoms with Crippen molar-refractivity contribution in [2.45, 2.75) is 31.7 Å². The van der Waals surface area contributed by atoms with E-state index in [2.05, 4.69) is 0 Å². The van der Waals surface area contributed by atoms with Crippen molar-refractivity contribution in [2.75, 3.05) is 13.2 Å². The molecule has 0 aromatic carbocycles. The minimum Gasteiger partial charge on any atom is -0.394 e. The summed E-state index contributed by atoms with van der Waals surface area (Å²) < 4.78 is 5.03. The van der Waals surface area contributed by atoms with Crippen molar-refractivity contribution < 1.29 is 25.2 Å². The fourth-order valence-electron chi connectivity index (χ4n) is 0.747. The number of ether oxygens (including phenoxy) is 1. The molecule has 0 bridgehead atoms. The highest BCUT2D eigenvalue weighted by Crippen LogP contribution is 2.06. The number of aliphatic hydroxyl groups is 4. The van der Waals surface area contributed by atoms with E-state index in [0.717, 1.165) is 6.61 Å². The van der Waals surface area contributed by atoms with Gasteiger partial charge in [0.05, 0.1) is 25.4 Å². The van der Waals surface area contributed by atoms with E-state index in [9.17, 15) is 0 Å². The van der Waals surface area contributed by atoms with Crippen LogP contribution >= 0.6 is 0 Å². The molecule has 0 rings (SSSR count). The zero-order valence-corrected chi connectivity index (χ0v) is 8.21. The van der Waals surface area contributed by atoms with Gasteiger partial charge in [-0.3, -0.25) is 0 Å². The van der Waals surface area contributed by atoms with Gasteiger partial charge in [-0.05, 0) is 19.8 Å². The molecule has 5 heteroatoms. The van der Waals surface area contributed by atoms with Crippen LogP contribution in [0.15, 0.2) is 0 Å². The molecule has 0 fully saturated rings. The Morgan fingerprint density at radius 2 is 1.71 bits per heavy atom. The number of rotatable bonds is 8. The second-order valence-corrected chi connectivity index (χ2v) is 3.05. The van der Waals surface area contributed by atoms with Crippen molar-refractivity contribution in [1.82, 2.24) is 0 Å². The maximum Gasteiger partial charge on any atom is 0.115 e. The van der Waals surface area contributed by atoms with Crippen LogP contribution in [0.1, 0.15) is 13.3 Å². The van der Waals surface area contributed by atoms with Gasteiger partial charge in [-0.2, -0.15) is 0 Å². The van der Waals surface area contributed by atoms with Crippen molar-refractivity contribution in [3.63, 3.8) is 0 Å². The van der Waals surface area contributed by atoms with Gasteiger partial charge in [-0.25, -0.2) is 0 Å². The van der Waals surface area contributed by atoms with Crippen molar-refractivity contribution in [1.29, 1.82) is 0 Å². The molecule has 0 saturated heterocycles. The van der Waals surface area contributed by atoms with Gasteiger partial charge in [0, 0.05) is 0 Å². The van der Waals surface area contributed by atoms with E-state index in [1.165, 1.54) is 6.42 Å². The van der Waals surface area contributed by atoms with Crippen LogP contribution in [0, 0.1) is 13.0 Å². The van der Waals surface area contributed by atoms with E-state index < -0.39 is 12.2 Å². The fraction of sp³-hybridized carbons (Fsp3) is 0.778. The summed E-state index contributed by atoms with van der Waals surface area (Å²) in [6.07, 6.45) is -0.0679. The predicted molar refractivity (Wildman–Crippen MR) is 49.9 cm³/mol. The normalized spacial score (nSPS) is 17.8. The van der Waals surface area contributed by atoms with Gasteiger partial charge < -0.3 is 25.2 Å². The van der Waals surface area contributed by atoms with Gasteiger partial charge in [0.2, 0.25) is 0 Å². The van der Waals surface area contributed by atoms with Gasteiger partial charge in [0.1, 0.15) is 12.7 Å². The summed E-state index contributed by atoms with van der Waals surface area (Å²) >= 11 is 0. The third kappa shape index (κ3) is 7.23. The highest BCUT2D eigenvalue weighted by atomic mass is 16.5. The van der Waals surface area contributed by atoms with Crippen LogP contribution in [-0.2, 0) is 4.74 Å². The lowest BCUT2D eigenvalue weighted by Gasteiger charge is -2.15. The van der Waals surface area contributed by atoms with E-state index in [4.69, 9.17) is 25.2 Å². The summed E-state index contributed by atoms with van der Waals surface area (Å²) in [5.74, 6) is 0. The first kappa shape index (κ1) is 13.8. The average Bonchev–Trinajstić information content (AvgIpc) is 2.22. The Kier molecular flexibility index (Phi) is 8.02. The fourth-order valence-corrected chi connectivity index (χ4v) is 0.747. The lowest BCUT2D eigenvalue weighted by atomic mass is 10.1. The first-order valence-corrected chi connectivity index (χ1v) is 4.50. The highest BCUT2D eigenvalue weighted by molar-refractivity contribution is 4.78. The summed E-state index contributed by atoms with van der Waals surface area (Å²) in [6, 6.07) is 0. The molecule has 84 valence electrons. The molecule has 4 N–H and O–H groups in total. The standard InChI is InChI=1S/C9H18O5/c1-7(2-3-8(12)4-10)14-6-9(13)5-11/h3,6-13H,2,4-5H2,1H3. The van der Waals surface area contributed by atoms with E-state index in [1.807, 2.05) is 0 Å². The van der Waals surface area contributed by atoms with E-state index >= 15 is 0 Å². The Morgan fingerprint density at radius 1 is 1.14 bits per heavy atom. The Hall–Kier alpha value is -0.200. The van der Waals surface area contributed by atoms with Crippen LogP contribution < -0.4 is 0 Å². The molecule has 3 atom stereocenters. The second kappa shape index (κ2) is 8.14. The van der Waals surface area contributed by atoms with Crippen LogP contribution in [0.4, 0.5) is 0 Å². The smallest absolute Gasteiger partial charge is 0.115 e.